The second-order valence-corrected chi connectivity index (χ2v) is 10.3. The van der Waals surface area contributed by atoms with Crippen LogP contribution in [0.25, 0.3) is 10.9 Å². The van der Waals surface area contributed by atoms with Crippen LogP contribution >= 0.6 is 0 Å². The van der Waals surface area contributed by atoms with Crippen LogP contribution in [0.15, 0.2) is 97.3 Å². The van der Waals surface area contributed by atoms with Crippen molar-refractivity contribution in [3.8, 4) is 5.75 Å². The summed E-state index contributed by atoms with van der Waals surface area (Å²) < 4.78 is 5.41. The third-order valence-corrected chi connectivity index (χ3v) is 7.25. The van der Waals surface area contributed by atoms with E-state index in [-0.39, 0.29) is 11.9 Å². The molecular weight excluding hydrogens is 492 g/mol. The number of carbonyl (C=O) groups excluding carboxylic acids is 1. The number of nitrogens with one attached hydrogen (secondary N) is 1. The highest BCUT2D eigenvalue weighted by Gasteiger charge is 2.28. The van der Waals surface area contributed by atoms with Gasteiger partial charge in [-0.1, -0.05) is 79.8 Å². The second-order valence-electron chi connectivity index (χ2n) is 10.3. The Morgan fingerprint density at radius 1 is 0.900 bits per heavy atom. The van der Waals surface area contributed by atoms with Gasteiger partial charge in [0.05, 0.1) is 7.11 Å². The molecule has 1 aliphatic heterocycles. The van der Waals surface area contributed by atoms with Crippen molar-refractivity contribution in [2.75, 3.05) is 13.7 Å². The summed E-state index contributed by atoms with van der Waals surface area (Å²) in [7, 11) is 1.70. The molecule has 0 unspecified atom stereocenters. The van der Waals surface area contributed by atoms with Crippen molar-refractivity contribution in [2.45, 2.75) is 83.6 Å². The van der Waals surface area contributed by atoms with E-state index in [9.17, 15) is 4.79 Å². The summed E-state index contributed by atoms with van der Waals surface area (Å²) in [5.41, 5.74) is 2.37. The minimum atomic E-state index is 0.277. The van der Waals surface area contributed by atoms with Crippen LogP contribution in [-0.4, -0.2) is 35.5 Å². The number of aromatic nitrogens is 1. The molecular formula is C36H48N2O2. The van der Waals surface area contributed by atoms with Gasteiger partial charge in [-0.15, -0.1) is 0 Å². The lowest BCUT2D eigenvalue weighted by molar-refractivity contribution is -0.131. The molecule has 4 heteroatoms. The quantitative estimate of drug-likeness (QED) is 0.203. The Bertz CT molecular complexity index is 1190. The van der Waals surface area contributed by atoms with Crippen LogP contribution < -0.4 is 4.74 Å². The Hall–Kier alpha value is -3.53. The van der Waals surface area contributed by atoms with E-state index in [1.807, 2.05) is 6.07 Å². The molecule has 0 saturated carbocycles. The highest BCUT2D eigenvalue weighted by Crippen LogP contribution is 2.28. The highest BCUT2D eigenvalue weighted by molar-refractivity contribution is 5.85. The third-order valence-electron chi connectivity index (χ3n) is 7.25. The number of fused-ring (bicyclic) bond motifs is 1. The summed E-state index contributed by atoms with van der Waals surface area (Å²) in [6.07, 6.45) is 39.0. The van der Waals surface area contributed by atoms with Crippen LogP contribution in [0, 0.1) is 0 Å². The predicted molar refractivity (Wildman–Crippen MR) is 171 cm³/mol. The van der Waals surface area contributed by atoms with Gasteiger partial charge in [-0.25, -0.2) is 0 Å². The van der Waals surface area contributed by atoms with Crippen molar-refractivity contribution in [1.82, 2.24) is 9.88 Å². The van der Waals surface area contributed by atoms with E-state index < -0.39 is 0 Å². The van der Waals surface area contributed by atoms with E-state index in [1.165, 1.54) is 10.9 Å². The zero-order valence-corrected chi connectivity index (χ0v) is 24.6. The fourth-order valence-corrected chi connectivity index (χ4v) is 5.07. The zero-order valence-electron chi connectivity index (χ0n) is 24.6. The lowest BCUT2D eigenvalue weighted by Gasteiger charge is -2.24. The van der Waals surface area contributed by atoms with Crippen molar-refractivity contribution in [1.29, 1.82) is 0 Å². The smallest absolute Gasteiger partial charge is 0.223 e. The summed E-state index contributed by atoms with van der Waals surface area (Å²) in [6.45, 7) is 3.03. The van der Waals surface area contributed by atoms with Crippen LogP contribution in [0.1, 0.15) is 76.7 Å². The number of benzene rings is 1. The molecule has 4 nitrogen and oxygen atoms in total. The zero-order chi connectivity index (χ0) is 28.3. The molecule has 2 heterocycles. The van der Waals surface area contributed by atoms with Crippen molar-refractivity contribution < 1.29 is 9.53 Å². The van der Waals surface area contributed by atoms with Gasteiger partial charge in [-0.05, 0) is 88.0 Å². The van der Waals surface area contributed by atoms with Gasteiger partial charge in [0, 0.05) is 36.1 Å². The normalized spacial score (nSPS) is 16.6. The maximum atomic E-state index is 13.0. The number of nitrogens with zero attached hydrogens (tertiary/aromatic N) is 1. The van der Waals surface area contributed by atoms with E-state index in [0.717, 1.165) is 82.0 Å². The molecule has 3 rings (SSSR count). The maximum Gasteiger partial charge on any atom is 0.223 e. The number of aromatic amines is 1. The molecule has 0 radical (unpaired) electrons. The average Bonchev–Trinajstić information content (AvgIpc) is 3.61. The number of allylic oxidation sites excluding steroid dienone is 12. The fourth-order valence-electron chi connectivity index (χ4n) is 5.07. The van der Waals surface area contributed by atoms with Gasteiger partial charge in [-0.2, -0.15) is 0 Å². The van der Waals surface area contributed by atoms with Crippen molar-refractivity contribution in [3.63, 3.8) is 0 Å². The first-order valence-electron chi connectivity index (χ1n) is 15.1. The highest BCUT2D eigenvalue weighted by atomic mass is 16.5. The molecule has 1 atom stereocenters. The topological polar surface area (TPSA) is 45.3 Å². The molecule has 214 valence electrons. The van der Waals surface area contributed by atoms with Crippen LogP contribution in [0.5, 0.6) is 5.75 Å². The van der Waals surface area contributed by atoms with Gasteiger partial charge in [0.25, 0.3) is 0 Å². The first-order chi connectivity index (χ1) is 19.7. The van der Waals surface area contributed by atoms with E-state index >= 15 is 0 Å². The first-order valence-corrected chi connectivity index (χ1v) is 15.1. The van der Waals surface area contributed by atoms with Crippen LogP contribution in [0.4, 0.5) is 0 Å². The van der Waals surface area contributed by atoms with Crippen molar-refractivity contribution in [2.24, 2.45) is 0 Å². The van der Waals surface area contributed by atoms with Crippen LogP contribution in [0.2, 0.25) is 0 Å². The monoisotopic (exact) mass is 540 g/mol. The Labute approximate surface area is 241 Å². The number of ether oxygens (including phenoxy) is 1. The summed E-state index contributed by atoms with van der Waals surface area (Å²) in [5, 5.41) is 1.19. The number of carbonyl (C=O) groups is 1. The molecule has 1 amide bonds. The molecule has 1 fully saturated rings. The van der Waals surface area contributed by atoms with E-state index in [4.69, 9.17) is 4.74 Å². The molecule has 1 aromatic carbocycles. The molecule has 1 aromatic heterocycles. The fraction of sp³-hybridized carbons (Fsp3) is 0.417. The Balaban J connectivity index is 1.28. The first kappa shape index (κ1) is 31.0. The largest absolute Gasteiger partial charge is 0.497 e. The number of methoxy groups -OCH3 is 1. The number of hydrogen-bond acceptors (Lipinski definition) is 2. The SMILES string of the molecule is CC/C=C\C/C=C\C/C=C\C/C=C\C/C=C\C/C=C\CCC(=O)N1CCC[C@@H]1Cc1c[nH]c2ccc(OC)cc12. The molecule has 1 saturated heterocycles. The van der Waals surface area contributed by atoms with Crippen molar-refractivity contribution in [3.05, 3.63) is 103 Å². The molecule has 40 heavy (non-hydrogen) atoms. The van der Waals surface area contributed by atoms with Gasteiger partial charge in [0.1, 0.15) is 5.75 Å². The Kier molecular flexibility index (Phi) is 14.5. The number of amides is 1. The average molecular weight is 541 g/mol. The molecule has 1 aliphatic rings. The van der Waals surface area contributed by atoms with Gasteiger partial charge >= 0.3 is 0 Å². The maximum absolute atomic E-state index is 13.0. The number of likely N-dealkylation sites (tertiary alicyclic amines) is 1. The third kappa shape index (κ3) is 10.9. The van der Waals surface area contributed by atoms with E-state index in [1.54, 1.807) is 7.11 Å². The van der Waals surface area contributed by atoms with Crippen molar-refractivity contribution >= 4 is 16.8 Å². The lowest BCUT2D eigenvalue weighted by Crippen LogP contribution is -2.36. The van der Waals surface area contributed by atoms with Gasteiger partial charge in [-0.3, -0.25) is 4.79 Å². The summed E-state index contributed by atoms with van der Waals surface area (Å²) in [6, 6.07) is 6.40. The summed E-state index contributed by atoms with van der Waals surface area (Å²) in [4.78, 5) is 18.4. The molecule has 2 aromatic rings. The Morgan fingerprint density at radius 2 is 1.50 bits per heavy atom. The van der Waals surface area contributed by atoms with Gasteiger partial charge in [0.2, 0.25) is 5.91 Å². The predicted octanol–water partition coefficient (Wildman–Crippen LogP) is 9.19. The summed E-state index contributed by atoms with van der Waals surface area (Å²) >= 11 is 0. The minimum Gasteiger partial charge on any atom is -0.497 e. The minimum absolute atomic E-state index is 0.277. The lowest BCUT2D eigenvalue weighted by atomic mass is 10.0. The Morgan fingerprint density at radius 3 is 2.10 bits per heavy atom. The second kappa shape index (κ2) is 18.7. The number of hydrogen-bond donors (Lipinski definition) is 1. The molecule has 1 N–H and O–H groups in total. The molecule has 0 spiro atoms. The van der Waals surface area contributed by atoms with Gasteiger partial charge in [0.15, 0.2) is 0 Å². The van der Waals surface area contributed by atoms with E-state index in [0.29, 0.717) is 6.42 Å². The molecule has 0 bridgehead atoms. The standard InChI is InChI=1S/C36H48N2O2/c1-3-4-5-6-7-8-9-10-11-12-13-14-15-16-17-18-19-20-21-24-36(39)38-27-22-23-32(38)28-31-30-37-35-26-25-33(40-2)29-34(31)35/h4-5,7-8,10-11,13-14,16-17,19-20,25-26,29-30,32,37H,3,6,9,12,15,18,21-24,27-28H2,1-2H3/b5-4-,8-7-,11-10-,14-13-,17-16-,20-19-/t32-/m1/s1. The van der Waals surface area contributed by atoms with E-state index in [2.05, 4.69) is 108 Å². The number of H-pyrrole nitrogens is 1. The summed E-state index contributed by atoms with van der Waals surface area (Å²) in [5.74, 6) is 1.14. The van der Waals surface area contributed by atoms with Crippen LogP contribution in [-0.2, 0) is 11.2 Å². The molecule has 0 aliphatic carbocycles. The number of rotatable bonds is 17. The van der Waals surface area contributed by atoms with Crippen LogP contribution in [0.3, 0.4) is 0 Å². The van der Waals surface area contributed by atoms with Gasteiger partial charge < -0.3 is 14.6 Å².